The van der Waals surface area contributed by atoms with Crippen LogP contribution in [0.2, 0.25) is 0 Å². The van der Waals surface area contributed by atoms with Gasteiger partial charge in [-0.25, -0.2) is 0 Å². The Bertz CT molecular complexity index is 362. The van der Waals surface area contributed by atoms with Crippen molar-refractivity contribution in [2.45, 2.75) is 44.7 Å². The van der Waals surface area contributed by atoms with Crippen molar-refractivity contribution in [2.24, 2.45) is 11.7 Å². The maximum atomic E-state index is 12.1. The maximum absolute atomic E-state index is 12.1. The fourth-order valence-corrected chi connectivity index (χ4v) is 2.41. The van der Waals surface area contributed by atoms with Crippen LogP contribution in [0.1, 0.15) is 44.4 Å². The molecule has 2 rings (SSSR count). The zero-order valence-electron chi connectivity index (χ0n) is 10.2. The average Bonchev–Trinajstić information content (AvgIpc) is 2.82. The molecule has 1 amide bonds. The molecule has 0 saturated heterocycles. The zero-order chi connectivity index (χ0) is 12.3. The number of furan rings is 1. The second-order valence-corrected chi connectivity index (χ2v) is 4.80. The van der Waals surface area contributed by atoms with Crippen LogP contribution < -0.4 is 11.1 Å². The first-order valence-corrected chi connectivity index (χ1v) is 6.28. The molecule has 3 atom stereocenters. The van der Waals surface area contributed by atoms with Crippen molar-refractivity contribution in [1.82, 2.24) is 5.32 Å². The Morgan fingerprint density at radius 1 is 1.53 bits per heavy atom. The Morgan fingerprint density at radius 2 is 2.29 bits per heavy atom. The van der Waals surface area contributed by atoms with E-state index in [1.165, 1.54) is 0 Å². The Hall–Kier alpha value is -1.29. The third-order valence-electron chi connectivity index (χ3n) is 3.48. The lowest BCUT2D eigenvalue weighted by molar-refractivity contribution is -0.127. The van der Waals surface area contributed by atoms with Crippen LogP contribution in [0.15, 0.2) is 22.8 Å². The van der Waals surface area contributed by atoms with E-state index in [4.69, 9.17) is 10.2 Å². The normalized spacial score (nSPS) is 26.5. The van der Waals surface area contributed by atoms with Gasteiger partial charge >= 0.3 is 0 Å². The van der Waals surface area contributed by atoms with E-state index in [2.05, 4.69) is 5.32 Å². The number of nitrogens with one attached hydrogen (secondary N) is 1. The lowest BCUT2D eigenvalue weighted by atomic mass is 9.84. The highest BCUT2D eigenvalue weighted by molar-refractivity contribution is 5.79. The summed E-state index contributed by atoms with van der Waals surface area (Å²) in [5.74, 6) is 0.796. The van der Waals surface area contributed by atoms with E-state index in [-0.39, 0.29) is 23.9 Å². The second kappa shape index (κ2) is 5.36. The fraction of sp³-hybridized carbons (Fsp3) is 0.615. The Balaban J connectivity index is 1.92. The van der Waals surface area contributed by atoms with Crippen molar-refractivity contribution in [3.63, 3.8) is 0 Å². The van der Waals surface area contributed by atoms with E-state index < -0.39 is 0 Å². The van der Waals surface area contributed by atoms with Gasteiger partial charge in [-0.1, -0.05) is 12.8 Å². The molecule has 0 radical (unpaired) electrons. The van der Waals surface area contributed by atoms with E-state index in [9.17, 15) is 4.79 Å². The standard InChI is InChI=1S/C13H20N2O2/c1-9(12-7-4-8-17-12)15-13(16)10-5-2-3-6-11(10)14/h4,7-11H,2-3,5-6,14H2,1H3,(H,15,16). The van der Waals surface area contributed by atoms with Crippen LogP contribution in [0, 0.1) is 5.92 Å². The van der Waals surface area contributed by atoms with Crippen LogP contribution in [-0.2, 0) is 4.79 Å². The van der Waals surface area contributed by atoms with E-state index in [1.807, 2.05) is 19.1 Å². The van der Waals surface area contributed by atoms with Gasteiger partial charge < -0.3 is 15.5 Å². The summed E-state index contributed by atoms with van der Waals surface area (Å²) in [7, 11) is 0. The van der Waals surface area contributed by atoms with Crippen molar-refractivity contribution in [1.29, 1.82) is 0 Å². The van der Waals surface area contributed by atoms with Crippen molar-refractivity contribution in [3.8, 4) is 0 Å². The van der Waals surface area contributed by atoms with Crippen LogP contribution in [0.4, 0.5) is 0 Å². The molecule has 1 aliphatic rings. The number of nitrogens with two attached hydrogens (primary N) is 1. The van der Waals surface area contributed by atoms with Crippen molar-refractivity contribution in [2.75, 3.05) is 0 Å². The summed E-state index contributed by atoms with van der Waals surface area (Å²) in [6.07, 6.45) is 5.70. The molecule has 1 aromatic rings. The average molecular weight is 236 g/mol. The molecule has 0 bridgehead atoms. The first-order valence-electron chi connectivity index (χ1n) is 6.28. The highest BCUT2D eigenvalue weighted by Crippen LogP contribution is 2.24. The van der Waals surface area contributed by atoms with Crippen LogP contribution in [0.25, 0.3) is 0 Å². The Kier molecular flexibility index (Phi) is 3.84. The van der Waals surface area contributed by atoms with Crippen molar-refractivity contribution < 1.29 is 9.21 Å². The first kappa shape index (κ1) is 12.2. The summed E-state index contributed by atoms with van der Waals surface area (Å²) < 4.78 is 5.26. The lowest BCUT2D eigenvalue weighted by Gasteiger charge is -2.28. The molecule has 3 N–H and O–H groups in total. The number of carbonyl (C=O) groups excluding carboxylic acids is 1. The SMILES string of the molecule is CC(NC(=O)C1CCCCC1N)c1ccco1. The number of amides is 1. The minimum atomic E-state index is -0.0911. The molecule has 1 fully saturated rings. The molecule has 17 heavy (non-hydrogen) atoms. The second-order valence-electron chi connectivity index (χ2n) is 4.80. The lowest BCUT2D eigenvalue weighted by Crippen LogP contribution is -2.44. The summed E-state index contributed by atoms with van der Waals surface area (Å²) in [6.45, 7) is 1.92. The summed E-state index contributed by atoms with van der Waals surface area (Å²) in [5.41, 5.74) is 5.99. The van der Waals surface area contributed by atoms with Gasteiger partial charge in [-0.15, -0.1) is 0 Å². The molecule has 0 aliphatic heterocycles. The summed E-state index contributed by atoms with van der Waals surface area (Å²) >= 11 is 0. The van der Waals surface area contributed by atoms with E-state index in [0.29, 0.717) is 0 Å². The predicted octanol–water partition coefficient (Wildman–Crippen LogP) is 1.97. The highest BCUT2D eigenvalue weighted by Gasteiger charge is 2.29. The molecule has 1 aromatic heterocycles. The van der Waals surface area contributed by atoms with E-state index >= 15 is 0 Å². The number of carbonyl (C=O) groups is 1. The number of rotatable bonds is 3. The molecule has 4 heteroatoms. The molecule has 3 unspecified atom stereocenters. The minimum absolute atomic E-state index is 0.00699. The minimum Gasteiger partial charge on any atom is -0.467 e. The quantitative estimate of drug-likeness (QED) is 0.843. The fourth-order valence-electron chi connectivity index (χ4n) is 2.41. The molecule has 94 valence electrons. The van der Waals surface area contributed by atoms with Gasteiger partial charge in [0.15, 0.2) is 0 Å². The largest absolute Gasteiger partial charge is 0.467 e. The van der Waals surface area contributed by atoms with Gasteiger partial charge in [0.25, 0.3) is 0 Å². The van der Waals surface area contributed by atoms with Crippen LogP contribution >= 0.6 is 0 Å². The zero-order valence-corrected chi connectivity index (χ0v) is 10.2. The molecular formula is C13H20N2O2. The van der Waals surface area contributed by atoms with Crippen LogP contribution in [0.5, 0.6) is 0 Å². The van der Waals surface area contributed by atoms with E-state index in [1.54, 1.807) is 6.26 Å². The molecule has 1 aliphatic carbocycles. The summed E-state index contributed by atoms with van der Waals surface area (Å²) in [6, 6.07) is 3.61. The molecule has 0 spiro atoms. The maximum Gasteiger partial charge on any atom is 0.225 e. The van der Waals surface area contributed by atoms with Gasteiger partial charge in [0.2, 0.25) is 5.91 Å². The van der Waals surface area contributed by atoms with E-state index in [0.717, 1.165) is 31.4 Å². The van der Waals surface area contributed by atoms with Gasteiger partial charge in [0.05, 0.1) is 18.2 Å². The summed E-state index contributed by atoms with van der Waals surface area (Å²) in [5, 5.41) is 2.97. The van der Waals surface area contributed by atoms with Crippen LogP contribution in [0.3, 0.4) is 0 Å². The Labute approximate surface area is 102 Å². The first-order chi connectivity index (χ1) is 8.18. The molecule has 1 saturated carbocycles. The van der Waals surface area contributed by atoms with Crippen LogP contribution in [-0.4, -0.2) is 11.9 Å². The Morgan fingerprint density at radius 3 is 2.94 bits per heavy atom. The molecular weight excluding hydrogens is 216 g/mol. The third-order valence-corrected chi connectivity index (χ3v) is 3.48. The predicted molar refractivity (Wildman–Crippen MR) is 65.2 cm³/mol. The molecule has 0 aromatic carbocycles. The van der Waals surface area contributed by atoms with Gasteiger partial charge in [-0.05, 0) is 31.9 Å². The van der Waals surface area contributed by atoms with Gasteiger partial charge in [0, 0.05) is 6.04 Å². The number of hydrogen-bond acceptors (Lipinski definition) is 3. The van der Waals surface area contributed by atoms with Crippen molar-refractivity contribution in [3.05, 3.63) is 24.2 Å². The highest BCUT2D eigenvalue weighted by atomic mass is 16.3. The van der Waals surface area contributed by atoms with Crippen molar-refractivity contribution >= 4 is 5.91 Å². The monoisotopic (exact) mass is 236 g/mol. The smallest absolute Gasteiger partial charge is 0.225 e. The number of hydrogen-bond donors (Lipinski definition) is 2. The van der Waals surface area contributed by atoms with Gasteiger partial charge in [-0.2, -0.15) is 0 Å². The third kappa shape index (κ3) is 2.88. The van der Waals surface area contributed by atoms with Gasteiger partial charge in [-0.3, -0.25) is 4.79 Å². The summed E-state index contributed by atoms with van der Waals surface area (Å²) in [4.78, 5) is 12.1. The van der Waals surface area contributed by atoms with Gasteiger partial charge in [0.1, 0.15) is 5.76 Å². The molecule has 4 nitrogen and oxygen atoms in total. The molecule has 1 heterocycles. The topological polar surface area (TPSA) is 68.3 Å².